The molecule has 0 saturated carbocycles. The molecule has 0 N–H and O–H groups in total. The van der Waals surface area contributed by atoms with Gasteiger partial charge in [0.25, 0.3) is 5.91 Å². The molecule has 0 unspecified atom stereocenters. The lowest BCUT2D eigenvalue weighted by molar-refractivity contribution is -0.116. The van der Waals surface area contributed by atoms with Gasteiger partial charge in [0, 0.05) is 6.92 Å². The Morgan fingerprint density at radius 3 is 2.94 bits per heavy atom. The fourth-order valence-corrected chi connectivity index (χ4v) is 1.89. The minimum Gasteiger partial charge on any atom is -0.271 e. The van der Waals surface area contributed by atoms with Gasteiger partial charge in [-0.2, -0.15) is 0 Å². The largest absolute Gasteiger partial charge is 0.271 e. The molecule has 0 spiro atoms. The normalized spacial score (nSPS) is 14.1. The molecule has 0 aliphatic heterocycles. The van der Waals surface area contributed by atoms with Crippen molar-refractivity contribution < 1.29 is 4.79 Å². The maximum Gasteiger partial charge on any atom is 0.261 e. The van der Waals surface area contributed by atoms with E-state index in [1.807, 2.05) is 13.0 Å². The van der Waals surface area contributed by atoms with Crippen LogP contribution in [0.15, 0.2) is 28.4 Å². The smallest absolute Gasteiger partial charge is 0.261 e. The van der Waals surface area contributed by atoms with Crippen molar-refractivity contribution in [3.8, 4) is 0 Å². The molecule has 1 aliphatic rings. The van der Waals surface area contributed by atoms with E-state index in [1.54, 1.807) is 0 Å². The molecule has 0 saturated heterocycles. The fraction of sp³-hybridized carbons (Fsp3) is 0.308. The quantitative estimate of drug-likeness (QED) is 0.659. The molecule has 3 nitrogen and oxygen atoms in total. The van der Waals surface area contributed by atoms with Crippen LogP contribution in [0, 0.1) is 6.92 Å². The average molecular weight is 214 g/mol. The number of hydrogen-bond donors (Lipinski definition) is 0. The van der Waals surface area contributed by atoms with E-state index in [9.17, 15) is 4.79 Å². The number of benzene rings is 1. The third-order valence-corrected chi connectivity index (χ3v) is 2.67. The number of azo groups is 1. The molecule has 0 radical (unpaired) electrons. The van der Waals surface area contributed by atoms with E-state index in [-0.39, 0.29) is 5.91 Å². The SMILES string of the molecule is CC(=O)N=Nc1c(C)ccc2c1CCC=C2. The van der Waals surface area contributed by atoms with Crippen LogP contribution in [0.4, 0.5) is 5.69 Å². The van der Waals surface area contributed by atoms with Crippen LogP contribution in [0.1, 0.15) is 30.0 Å². The van der Waals surface area contributed by atoms with Gasteiger partial charge in [-0.1, -0.05) is 24.3 Å². The molecule has 3 heteroatoms. The van der Waals surface area contributed by atoms with Crippen LogP contribution in [-0.4, -0.2) is 5.91 Å². The summed E-state index contributed by atoms with van der Waals surface area (Å²) in [5, 5.41) is 7.69. The zero-order chi connectivity index (χ0) is 11.5. The van der Waals surface area contributed by atoms with Crippen LogP contribution < -0.4 is 0 Å². The van der Waals surface area contributed by atoms with Crippen LogP contribution in [-0.2, 0) is 11.2 Å². The Morgan fingerprint density at radius 1 is 1.38 bits per heavy atom. The van der Waals surface area contributed by atoms with Crippen molar-refractivity contribution in [2.45, 2.75) is 26.7 Å². The first-order chi connectivity index (χ1) is 7.68. The van der Waals surface area contributed by atoms with Crippen molar-refractivity contribution in [3.05, 3.63) is 34.9 Å². The summed E-state index contributed by atoms with van der Waals surface area (Å²) in [6.07, 6.45) is 6.26. The monoisotopic (exact) mass is 214 g/mol. The van der Waals surface area contributed by atoms with Gasteiger partial charge in [-0.05, 0) is 36.5 Å². The van der Waals surface area contributed by atoms with Crippen molar-refractivity contribution in [1.82, 2.24) is 0 Å². The Kier molecular flexibility index (Phi) is 2.95. The number of fused-ring (bicyclic) bond motifs is 1. The van der Waals surface area contributed by atoms with E-state index >= 15 is 0 Å². The number of carbonyl (C=O) groups excluding carboxylic acids is 1. The average Bonchev–Trinajstić information content (AvgIpc) is 2.27. The highest BCUT2D eigenvalue weighted by atomic mass is 16.1. The number of carbonyl (C=O) groups is 1. The Bertz CT molecular complexity index is 487. The van der Waals surface area contributed by atoms with Gasteiger partial charge < -0.3 is 0 Å². The second-order valence-electron chi connectivity index (χ2n) is 3.96. The molecule has 1 aromatic rings. The lowest BCUT2D eigenvalue weighted by Crippen LogP contribution is -1.96. The summed E-state index contributed by atoms with van der Waals surface area (Å²) >= 11 is 0. The maximum atomic E-state index is 10.8. The van der Waals surface area contributed by atoms with Crippen molar-refractivity contribution >= 4 is 17.7 Å². The molecule has 1 aromatic carbocycles. The number of rotatable bonds is 1. The molecule has 82 valence electrons. The molecular formula is C13H14N2O. The van der Waals surface area contributed by atoms with Crippen molar-refractivity contribution in [2.24, 2.45) is 10.2 Å². The van der Waals surface area contributed by atoms with Gasteiger partial charge in [-0.3, -0.25) is 4.79 Å². The van der Waals surface area contributed by atoms with Gasteiger partial charge in [0.15, 0.2) is 0 Å². The minimum atomic E-state index is -0.261. The molecule has 1 aliphatic carbocycles. The zero-order valence-electron chi connectivity index (χ0n) is 9.53. The second-order valence-corrected chi connectivity index (χ2v) is 3.96. The highest BCUT2D eigenvalue weighted by Gasteiger charge is 2.11. The van der Waals surface area contributed by atoms with Gasteiger partial charge in [-0.25, -0.2) is 0 Å². The molecule has 2 rings (SSSR count). The Labute approximate surface area is 94.9 Å². The molecule has 0 fully saturated rings. The number of allylic oxidation sites excluding steroid dienone is 1. The summed E-state index contributed by atoms with van der Waals surface area (Å²) in [7, 11) is 0. The zero-order valence-corrected chi connectivity index (χ0v) is 9.53. The van der Waals surface area contributed by atoms with E-state index < -0.39 is 0 Å². The lowest BCUT2D eigenvalue weighted by atomic mass is 9.94. The molecule has 0 atom stereocenters. The van der Waals surface area contributed by atoms with Crippen molar-refractivity contribution in [2.75, 3.05) is 0 Å². The summed E-state index contributed by atoms with van der Waals surface area (Å²) in [5.74, 6) is -0.261. The predicted molar refractivity (Wildman–Crippen MR) is 63.7 cm³/mol. The lowest BCUT2D eigenvalue weighted by Gasteiger charge is -2.14. The van der Waals surface area contributed by atoms with E-state index in [4.69, 9.17) is 0 Å². The van der Waals surface area contributed by atoms with Gasteiger partial charge in [-0.15, -0.1) is 10.2 Å². The standard InChI is InChI=1S/C13H14N2O/c1-9-7-8-11-5-3-4-6-12(11)13(9)15-14-10(2)16/h3,5,7-8H,4,6H2,1-2H3. The first-order valence-electron chi connectivity index (χ1n) is 5.40. The number of hydrogen-bond acceptors (Lipinski definition) is 2. The minimum absolute atomic E-state index is 0.261. The van der Waals surface area contributed by atoms with Crippen LogP contribution in [0.25, 0.3) is 6.08 Å². The van der Waals surface area contributed by atoms with Gasteiger partial charge >= 0.3 is 0 Å². The third-order valence-electron chi connectivity index (χ3n) is 2.67. The van der Waals surface area contributed by atoms with Crippen LogP contribution in [0.5, 0.6) is 0 Å². The van der Waals surface area contributed by atoms with Gasteiger partial charge in [0.05, 0.1) is 5.69 Å². The Hall–Kier alpha value is -1.77. The van der Waals surface area contributed by atoms with Crippen molar-refractivity contribution in [3.63, 3.8) is 0 Å². The molecular weight excluding hydrogens is 200 g/mol. The van der Waals surface area contributed by atoms with E-state index in [0.717, 1.165) is 24.1 Å². The molecule has 0 bridgehead atoms. The van der Waals surface area contributed by atoms with Gasteiger partial charge in [0.1, 0.15) is 0 Å². The van der Waals surface area contributed by atoms with E-state index in [1.165, 1.54) is 18.1 Å². The Balaban J connectivity index is 2.50. The molecule has 0 heterocycles. The Morgan fingerprint density at radius 2 is 2.19 bits per heavy atom. The van der Waals surface area contributed by atoms with E-state index in [2.05, 4.69) is 28.4 Å². The molecule has 16 heavy (non-hydrogen) atoms. The van der Waals surface area contributed by atoms with Gasteiger partial charge in [0.2, 0.25) is 0 Å². The highest BCUT2D eigenvalue weighted by molar-refractivity contribution is 5.74. The van der Waals surface area contributed by atoms with Crippen LogP contribution in [0.2, 0.25) is 0 Å². The first kappa shape index (κ1) is 10.7. The predicted octanol–water partition coefficient (Wildman–Crippen LogP) is 3.58. The maximum absolute atomic E-state index is 10.8. The van der Waals surface area contributed by atoms with Crippen LogP contribution in [0.3, 0.4) is 0 Å². The van der Waals surface area contributed by atoms with Crippen molar-refractivity contribution in [1.29, 1.82) is 0 Å². The molecule has 0 aromatic heterocycles. The highest BCUT2D eigenvalue weighted by Crippen LogP contribution is 2.32. The first-order valence-corrected chi connectivity index (χ1v) is 5.40. The summed E-state index contributed by atoms with van der Waals surface area (Å²) in [5.41, 5.74) is 4.32. The molecule has 1 amide bonds. The number of aryl methyl sites for hydroxylation is 1. The van der Waals surface area contributed by atoms with Crippen LogP contribution >= 0.6 is 0 Å². The summed E-state index contributed by atoms with van der Waals surface area (Å²) < 4.78 is 0. The summed E-state index contributed by atoms with van der Waals surface area (Å²) in [4.78, 5) is 10.8. The topological polar surface area (TPSA) is 41.8 Å². The van der Waals surface area contributed by atoms with E-state index in [0.29, 0.717) is 0 Å². The second kappa shape index (κ2) is 4.39. The number of nitrogens with zero attached hydrogens (tertiary/aromatic N) is 2. The fourth-order valence-electron chi connectivity index (χ4n) is 1.89. The summed E-state index contributed by atoms with van der Waals surface area (Å²) in [6.45, 7) is 3.40. The number of amides is 1. The summed E-state index contributed by atoms with van der Waals surface area (Å²) in [6, 6.07) is 4.11. The third kappa shape index (κ3) is 2.08.